The van der Waals surface area contributed by atoms with Gasteiger partial charge in [0.25, 0.3) is 0 Å². The lowest BCUT2D eigenvalue weighted by Crippen LogP contribution is -2.32. The van der Waals surface area contributed by atoms with Crippen molar-refractivity contribution in [2.45, 2.75) is 83.9 Å². The summed E-state index contributed by atoms with van der Waals surface area (Å²) in [7, 11) is 0. The van der Waals surface area contributed by atoms with E-state index in [0.29, 0.717) is 44.4 Å². The predicted octanol–water partition coefficient (Wildman–Crippen LogP) is 6.83. The van der Waals surface area contributed by atoms with Crippen molar-refractivity contribution < 1.29 is 23.3 Å². The fourth-order valence-corrected chi connectivity index (χ4v) is 3.75. The summed E-state index contributed by atoms with van der Waals surface area (Å²) in [6, 6.07) is 9.18. The number of ether oxygens (including phenoxy) is 4. The van der Waals surface area contributed by atoms with Gasteiger partial charge in [-0.2, -0.15) is 0 Å². The van der Waals surface area contributed by atoms with Crippen molar-refractivity contribution in [3.8, 4) is 17.1 Å². The van der Waals surface area contributed by atoms with Crippen LogP contribution in [-0.4, -0.2) is 61.9 Å². The standard InChI is InChI=1S/C29H45FN2O4/c1-3-5-7-8-9-10-12-28(35-23-22-34-21-20-33-19-6-4-2)27(30)24-36-26-15-13-25(14-16-26)29-31-17-11-18-32-29/h11,13-18,27-28H,3-10,12,19-24H2,1-2H3/t27-,28?/m1/s1. The SMILES string of the molecule is CCCCCCCCC(OCCOCCOCCCC)[C@H](F)COc1ccc(-c2ncccn2)cc1. The largest absolute Gasteiger partial charge is 0.490 e. The van der Waals surface area contributed by atoms with Gasteiger partial charge in [0, 0.05) is 24.6 Å². The molecule has 0 aliphatic carbocycles. The minimum atomic E-state index is -1.21. The molecule has 1 aromatic heterocycles. The van der Waals surface area contributed by atoms with Gasteiger partial charge in [-0.15, -0.1) is 0 Å². The number of rotatable bonds is 22. The lowest BCUT2D eigenvalue weighted by Gasteiger charge is -2.22. The fraction of sp³-hybridized carbons (Fsp3) is 0.655. The Bertz CT molecular complexity index is 764. The first-order valence-corrected chi connectivity index (χ1v) is 13.7. The Labute approximate surface area is 216 Å². The lowest BCUT2D eigenvalue weighted by molar-refractivity contribution is -0.0504. The molecule has 0 saturated carbocycles. The van der Waals surface area contributed by atoms with E-state index in [1.807, 2.05) is 24.3 Å². The topological polar surface area (TPSA) is 62.7 Å². The summed E-state index contributed by atoms with van der Waals surface area (Å²) >= 11 is 0. The maximum absolute atomic E-state index is 15.1. The zero-order valence-corrected chi connectivity index (χ0v) is 22.2. The van der Waals surface area contributed by atoms with Crippen LogP contribution in [0.4, 0.5) is 4.39 Å². The number of nitrogens with zero attached hydrogens (tertiary/aromatic N) is 2. The molecule has 0 fully saturated rings. The second-order valence-corrected chi connectivity index (χ2v) is 8.97. The molecule has 36 heavy (non-hydrogen) atoms. The molecule has 0 aliphatic rings. The summed E-state index contributed by atoms with van der Waals surface area (Å²) in [5.41, 5.74) is 0.889. The number of hydrogen-bond donors (Lipinski definition) is 0. The average molecular weight is 505 g/mol. The maximum atomic E-state index is 15.1. The van der Waals surface area contributed by atoms with E-state index in [1.165, 1.54) is 25.7 Å². The number of hydrogen-bond acceptors (Lipinski definition) is 6. The molecule has 0 amide bonds. The van der Waals surface area contributed by atoms with E-state index < -0.39 is 12.3 Å². The Morgan fingerprint density at radius 1 is 0.750 bits per heavy atom. The van der Waals surface area contributed by atoms with Gasteiger partial charge in [-0.3, -0.25) is 0 Å². The third kappa shape index (κ3) is 13.3. The fourth-order valence-electron chi connectivity index (χ4n) is 3.75. The molecular weight excluding hydrogens is 459 g/mol. The molecule has 0 N–H and O–H groups in total. The van der Waals surface area contributed by atoms with Crippen molar-refractivity contribution >= 4 is 0 Å². The Balaban J connectivity index is 1.74. The first-order valence-electron chi connectivity index (χ1n) is 13.7. The number of halogens is 1. The van der Waals surface area contributed by atoms with Crippen LogP contribution in [0.5, 0.6) is 5.75 Å². The van der Waals surface area contributed by atoms with Crippen LogP contribution in [0, 0.1) is 0 Å². The Morgan fingerprint density at radius 3 is 2.11 bits per heavy atom. The lowest BCUT2D eigenvalue weighted by atomic mass is 10.0. The molecule has 2 aromatic rings. The molecular formula is C29H45FN2O4. The van der Waals surface area contributed by atoms with Gasteiger partial charge in [-0.05, 0) is 43.2 Å². The highest BCUT2D eigenvalue weighted by molar-refractivity contribution is 5.55. The molecule has 7 heteroatoms. The van der Waals surface area contributed by atoms with Gasteiger partial charge in [-0.1, -0.05) is 58.8 Å². The average Bonchev–Trinajstić information content (AvgIpc) is 2.92. The molecule has 1 aromatic carbocycles. The Hall–Kier alpha value is -2.09. The highest BCUT2D eigenvalue weighted by atomic mass is 19.1. The van der Waals surface area contributed by atoms with E-state index in [0.717, 1.165) is 37.9 Å². The van der Waals surface area contributed by atoms with Crippen LogP contribution >= 0.6 is 0 Å². The maximum Gasteiger partial charge on any atom is 0.160 e. The molecule has 2 atom stereocenters. The van der Waals surface area contributed by atoms with Crippen LogP contribution in [0.15, 0.2) is 42.7 Å². The summed E-state index contributed by atoms with van der Waals surface area (Å²) in [5.74, 6) is 1.26. The smallest absolute Gasteiger partial charge is 0.160 e. The molecule has 1 heterocycles. The molecule has 0 spiro atoms. The number of aromatic nitrogens is 2. The van der Waals surface area contributed by atoms with Crippen molar-refractivity contribution in [2.75, 3.05) is 39.6 Å². The monoisotopic (exact) mass is 504 g/mol. The first kappa shape index (κ1) is 30.1. The molecule has 0 radical (unpaired) electrons. The van der Waals surface area contributed by atoms with Gasteiger partial charge in [-0.25, -0.2) is 14.4 Å². The summed E-state index contributed by atoms with van der Waals surface area (Å²) < 4.78 is 37.9. The summed E-state index contributed by atoms with van der Waals surface area (Å²) in [5, 5.41) is 0. The van der Waals surface area contributed by atoms with E-state index in [2.05, 4.69) is 23.8 Å². The first-order chi connectivity index (χ1) is 17.7. The zero-order valence-electron chi connectivity index (χ0n) is 22.2. The van der Waals surface area contributed by atoms with Crippen LogP contribution in [-0.2, 0) is 14.2 Å². The van der Waals surface area contributed by atoms with E-state index >= 15 is 4.39 Å². The predicted molar refractivity (Wildman–Crippen MR) is 142 cm³/mol. The van der Waals surface area contributed by atoms with Crippen LogP contribution in [0.2, 0.25) is 0 Å². The normalized spacial score (nSPS) is 13.0. The molecule has 2 rings (SSSR count). The van der Waals surface area contributed by atoms with E-state index in [-0.39, 0.29) is 6.61 Å². The van der Waals surface area contributed by atoms with Crippen LogP contribution in [0.3, 0.4) is 0 Å². The quantitative estimate of drug-likeness (QED) is 0.164. The van der Waals surface area contributed by atoms with Crippen LogP contribution < -0.4 is 4.74 Å². The van der Waals surface area contributed by atoms with Crippen molar-refractivity contribution in [1.29, 1.82) is 0 Å². The Kier molecular flexibility index (Phi) is 16.8. The van der Waals surface area contributed by atoms with E-state index in [9.17, 15) is 0 Å². The molecule has 6 nitrogen and oxygen atoms in total. The summed E-state index contributed by atoms with van der Waals surface area (Å²) in [6.45, 7) is 6.97. The number of benzene rings is 1. The second kappa shape index (κ2) is 20.0. The van der Waals surface area contributed by atoms with E-state index in [4.69, 9.17) is 18.9 Å². The van der Waals surface area contributed by atoms with Gasteiger partial charge in [0.1, 0.15) is 12.4 Å². The molecule has 0 saturated heterocycles. The summed E-state index contributed by atoms with van der Waals surface area (Å²) in [6.07, 6.45) is 11.5. The molecule has 1 unspecified atom stereocenters. The third-order valence-corrected chi connectivity index (χ3v) is 5.91. The molecule has 0 aliphatic heterocycles. The van der Waals surface area contributed by atoms with Crippen molar-refractivity contribution in [1.82, 2.24) is 9.97 Å². The van der Waals surface area contributed by atoms with Crippen molar-refractivity contribution in [2.24, 2.45) is 0 Å². The van der Waals surface area contributed by atoms with Crippen LogP contribution in [0.1, 0.15) is 71.6 Å². The van der Waals surface area contributed by atoms with Crippen LogP contribution in [0.25, 0.3) is 11.4 Å². The van der Waals surface area contributed by atoms with Gasteiger partial charge in [0.2, 0.25) is 0 Å². The van der Waals surface area contributed by atoms with Gasteiger partial charge >= 0.3 is 0 Å². The highest BCUT2D eigenvalue weighted by Gasteiger charge is 2.22. The van der Waals surface area contributed by atoms with Gasteiger partial charge < -0.3 is 18.9 Å². The number of alkyl halides is 1. The highest BCUT2D eigenvalue weighted by Crippen LogP contribution is 2.21. The van der Waals surface area contributed by atoms with Gasteiger partial charge in [0.15, 0.2) is 12.0 Å². The van der Waals surface area contributed by atoms with E-state index in [1.54, 1.807) is 18.5 Å². The molecule has 202 valence electrons. The zero-order chi connectivity index (χ0) is 25.7. The number of unbranched alkanes of at least 4 members (excludes halogenated alkanes) is 6. The summed E-state index contributed by atoms with van der Waals surface area (Å²) in [4.78, 5) is 8.49. The van der Waals surface area contributed by atoms with Crippen molar-refractivity contribution in [3.05, 3.63) is 42.7 Å². The third-order valence-electron chi connectivity index (χ3n) is 5.91. The minimum Gasteiger partial charge on any atom is -0.490 e. The minimum absolute atomic E-state index is 0.0478. The molecule has 0 bridgehead atoms. The second-order valence-electron chi connectivity index (χ2n) is 8.97. The Morgan fingerprint density at radius 2 is 1.39 bits per heavy atom. The van der Waals surface area contributed by atoms with Gasteiger partial charge in [0.05, 0.1) is 32.5 Å². The van der Waals surface area contributed by atoms with Crippen molar-refractivity contribution in [3.63, 3.8) is 0 Å².